The highest BCUT2D eigenvalue weighted by Crippen LogP contribution is 2.36. The molecule has 1 atom stereocenters. The molecule has 0 amide bonds. The Morgan fingerprint density at radius 1 is 1.33 bits per heavy atom. The molecule has 4 heteroatoms. The Morgan fingerprint density at radius 3 is 2.67 bits per heavy atom. The molecule has 1 aliphatic rings. The fourth-order valence-corrected chi connectivity index (χ4v) is 3.67. The molecule has 1 aromatic rings. The first-order chi connectivity index (χ1) is 10.2. The highest BCUT2D eigenvalue weighted by molar-refractivity contribution is 9.10. The lowest BCUT2D eigenvalue weighted by atomic mass is 9.99. The minimum atomic E-state index is 0.573. The Kier molecular flexibility index (Phi) is 6.37. The maximum absolute atomic E-state index is 5.63. The molecule has 2 rings (SSSR count). The molecule has 118 valence electrons. The van der Waals surface area contributed by atoms with E-state index in [0.717, 1.165) is 28.4 Å². The summed E-state index contributed by atoms with van der Waals surface area (Å²) in [6.45, 7) is 5.77. The molecular weight excluding hydrogens is 330 g/mol. The Hall–Kier alpha value is -0.740. The summed E-state index contributed by atoms with van der Waals surface area (Å²) in [4.78, 5) is 0. The molecule has 0 bridgehead atoms. The standard InChI is InChI=1S/C17H26BrNO2/c1-4-21-17-15(18)9-13(10-16(17)20-3)11-19-12(2)14-7-5-6-8-14/h9-10,12,14,19H,4-8,11H2,1-3H3. The molecule has 1 N–H and O–H groups in total. The quantitative estimate of drug-likeness (QED) is 0.779. The highest BCUT2D eigenvalue weighted by Gasteiger charge is 2.21. The van der Waals surface area contributed by atoms with Gasteiger partial charge in [-0.25, -0.2) is 0 Å². The van der Waals surface area contributed by atoms with Gasteiger partial charge < -0.3 is 14.8 Å². The van der Waals surface area contributed by atoms with Gasteiger partial charge in [0.05, 0.1) is 18.2 Å². The van der Waals surface area contributed by atoms with Crippen LogP contribution in [0.5, 0.6) is 11.5 Å². The van der Waals surface area contributed by atoms with Gasteiger partial charge in [0.15, 0.2) is 11.5 Å². The molecule has 0 saturated heterocycles. The van der Waals surface area contributed by atoms with Crippen LogP contribution in [0.3, 0.4) is 0 Å². The smallest absolute Gasteiger partial charge is 0.175 e. The molecule has 3 nitrogen and oxygen atoms in total. The molecule has 21 heavy (non-hydrogen) atoms. The lowest BCUT2D eigenvalue weighted by molar-refractivity contribution is 0.308. The van der Waals surface area contributed by atoms with Crippen molar-refractivity contribution in [3.8, 4) is 11.5 Å². The molecule has 0 aliphatic heterocycles. The van der Waals surface area contributed by atoms with Gasteiger partial charge in [-0.3, -0.25) is 0 Å². The van der Waals surface area contributed by atoms with E-state index in [-0.39, 0.29) is 0 Å². The van der Waals surface area contributed by atoms with Crippen LogP contribution in [-0.2, 0) is 6.54 Å². The fraction of sp³-hybridized carbons (Fsp3) is 0.647. The van der Waals surface area contributed by atoms with Crippen LogP contribution in [0.2, 0.25) is 0 Å². The van der Waals surface area contributed by atoms with E-state index < -0.39 is 0 Å². The lowest BCUT2D eigenvalue weighted by Crippen LogP contribution is -2.31. The van der Waals surface area contributed by atoms with Crippen LogP contribution in [0.25, 0.3) is 0 Å². The molecule has 0 spiro atoms. The van der Waals surface area contributed by atoms with Crippen molar-refractivity contribution in [2.45, 2.75) is 52.1 Å². The van der Waals surface area contributed by atoms with E-state index in [1.165, 1.54) is 31.2 Å². The molecule has 0 radical (unpaired) electrons. The molecule has 1 saturated carbocycles. The Balaban J connectivity index is 2.01. The summed E-state index contributed by atoms with van der Waals surface area (Å²) >= 11 is 3.58. The van der Waals surface area contributed by atoms with E-state index in [0.29, 0.717) is 12.6 Å². The van der Waals surface area contributed by atoms with Crippen molar-refractivity contribution in [3.05, 3.63) is 22.2 Å². The van der Waals surface area contributed by atoms with Crippen LogP contribution >= 0.6 is 15.9 Å². The third-order valence-corrected chi connectivity index (χ3v) is 4.90. The number of ether oxygens (including phenoxy) is 2. The summed E-state index contributed by atoms with van der Waals surface area (Å²) in [6.07, 6.45) is 5.51. The summed E-state index contributed by atoms with van der Waals surface area (Å²) in [7, 11) is 1.68. The van der Waals surface area contributed by atoms with Gasteiger partial charge in [0.2, 0.25) is 0 Å². The molecule has 0 heterocycles. The van der Waals surface area contributed by atoms with Crippen molar-refractivity contribution in [2.24, 2.45) is 5.92 Å². The van der Waals surface area contributed by atoms with Gasteiger partial charge in [-0.2, -0.15) is 0 Å². The Labute approximate surface area is 136 Å². The third kappa shape index (κ3) is 4.36. The molecular formula is C17H26BrNO2. The lowest BCUT2D eigenvalue weighted by Gasteiger charge is -2.21. The van der Waals surface area contributed by atoms with E-state index in [1.807, 2.05) is 6.92 Å². The number of nitrogens with one attached hydrogen (secondary N) is 1. The predicted molar refractivity (Wildman–Crippen MR) is 90.1 cm³/mol. The van der Waals surface area contributed by atoms with Crippen LogP contribution in [0, 0.1) is 5.92 Å². The van der Waals surface area contributed by atoms with Gasteiger partial charge in [0.25, 0.3) is 0 Å². The maximum Gasteiger partial charge on any atom is 0.175 e. The van der Waals surface area contributed by atoms with Gasteiger partial charge in [-0.05, 0) is 66.2 Å². The molecule has 0 aromatic heterocycles. The number of benzene rings is 1. The van der Waals surface area contributed by atoms with E-state index in [1.54, 1.807) is 7.11 Å². The van der Waals surface area contributed by atoms with Gasteiger partial charge in [-0.1, -0.05) is 12.8 Å². The van der Waals surface area contributed by atoms with Crippen molar-refractivity contribution < 1.29 is 9.47 Å². The second-order valence-electron chi connectivity index (χ2n) is 5.76. The average Bonchev–Trinajstić information content (AvgIpc) is 3.01. The van der Waals surface area contributed by atoms with Crippen LogP contribution in [0.4, 0.5) is 0 Å². The first-order valence-corrected chi connectivity index (χ1v) is 8.67. The molecule has 1 fully saturated rings. The topological polar surface area (TPSA) is 30.5 Å². The summed E-state index contributed by atoms with van der Waals surface area (Å²) < 4.78 is 12.0. The second-order valence-corrected chi connectivity index (χ2v) is 6.61. The summed E-state index contributed by atoms with van der Waals surface area (Å²) in [6, 6.07) is 4.75. The third-order valence-electron chi connectivity index (χ3n) is 4.31. The molecule has 1 unspecified atom stereocenters. The number of methoxy groups -OCH3 is 1. The van der Waals surface area contributed by atoms with Crippen LogP contribution in [0.15, 0.2) is 16.6 Å². The summed E-state index contributed by atoms with van der Waals surface area (Å²) in [5.41, 5.74) is 1.21. The Morgan fingerprint density at radius 2 is 2.05 bits per heavy atom. The Bertz CT molecular complexity index is 458. The highest BCUT2D eigenvalue weighted by atomic mass is 79.9. The van der Waals surface area contributed by atoms with Gasteiger partial charge in [0, 0.05) is 12.6 Å². The predicted octanol–water partition coefficient (Wildman–Crippen LogP) is 4.52. The van der Waals surface area contributed by atoms with Crippen molar-refractivity contribution in [1.29, 1.82) is 0 Å². The summed E-state index contributed by atoms with van der Waals surface area (Å²) in [5.74, 6) is 2.40. The van der Waals surface area contributed by atoms with E-state index in [2.05, 4.69) is 40.3 Å². The van der Waals surface area contributed by atoms with Crippen molar-refractivity contribution >= 4 is 15.9 Å². The minimum absolute atomic E-state index is 0.573. The monoisotopic (exact) mass is 355 g/mol. The number of halogens is 1. The number of rotatable bonds is 7. The zero-order valence-electron chi connectivity index (χ0n) is 13.2. The first kappa shape index (κ1) is 16.6. The van der Waals surface area contributed by atoms with E-state index in [9.17, 15) is 0 Å². The van der Waals surface area contributed by atoms with E-state index in [4.69, 9.17) is 9.47 Å². The van der Waals surface area contributed by atoms with Gasteiger partial charge in [-0.15, -0.1) is 0 Å². The zero-order valence-corrected chi connectivity index (χ0v) is 14.8. The number of hydrogen-bond acceptors (Lipinski definition) is 3. The fourth-order valence-electron chi connectivity index (χ4n) is 3.06. The normalized spacial score (nSPS) is 17.0. The van der Waals surface area contributed by atoms with Crippen molar-refractivity contribution in [1.82, 2.24) is 5.32 Å². The van der Waals surface area contributed by atoms with Crippen molar-refractivity contribution in [2.75, 3.05) is 13.7 Å². The van der Waals surface area contributed by atoms with E-state index >= 15 is 0 Å². The molecule has 1 aromatic carbocycles. The minimum Gasteiger partial charge on any atom is -0.493 e. The largest absolute Gasteiger partial charge is 0.493 e. The van der Waals surface area contributed by atoms with Crippen LogP contribution in [0.1, 0.15) is 45.1 Å². The van der Waals surface area contributed by atoms with Gasteiger partial charge >= 0.3 is 0 Å². The van der Waals surface area contributed by atoms with Crippen molar-refractivity contribution in [3.63, 3.8) is 0 Å². The second kappa shape index (κ2) is 8.04. The van der Waals surface area contributed by atoms with Crippen LogP contribution in [-0.4, -0.2) is 19.8 Å². The molecule has 1 aliphatic carbocycles. The first-order valence-electron chi connectivity index (χ1n) is 7.88. The SMILES string of the molecule is CCOc1c(Br)cc(CNC(C)C2CCCC2)cc1OC. The number of hydrogen-bond donors (Lipinski definition) is 1. The van der Waals surface area contributed by atoms with Gasteiger partial charge in [0.1, 0.15) is 0 Å². The summed E-state index contributed by atoms with van der Waals surface area (Å²) in [5, 5.41) is 3.65. The van der Waals surface area contributed by atoms with Crippen LogP contribution < -0.4 is 14.8 Å². The average molecular weight is 356 g/mol. The zero-order chi connectivity index (χ0) is 15.2. The maximum atomic E-state index is 5.63.